The predicted molar refractivity (Wildman–Crippen MR) is 36.5 cm³/mol. The van der Waals surface area contributed by atoms with Crippen LogP contribution in [-0.4, -0.2) is 23.4 Å². The lowest BCUT2D eigenvalue weighted by atomic mass is 10.6. The van der Waals surface area contributed by atoms with Crippen molar-refractivity contribution in [3.8, 4) is 11.6 Å². The lowest BCUT2D eigenvalue weighted by Crippen LogP contribution is -1.90. The number of aromatic nitrogens is 2. The molecule has 0 atom stereocenters. The minimum Gasteiger partial charge on any atom is -0.477 e. The summed E-state index contributed by atoms with van der Waals surface area (Å²) in [6, 6.07) is 0. The number of rotatable bonds is 3. The zero-order valence-electron chi connectivity index (χ0n) is 6.27. The van der Waals surface area contributed by atoms with Gasteiger partial charge in [0.25, 0.3) is 12.4 Å². The first-order valence-electron chi connectivity index (χ1n) is 2.96. The maximum absolute atomic E-state index is 9.94. The van der Waals surface area contributed by atoms with E-state index in [1.807, 2.05) is 0 Å². The molecule has 0 N–H and O–H groups in total. The number of hydrogen-bond acceptors (Lipinski definition) is 4. The quantitative estimate of drug-likeness (QED) is 0.576. The molecular weight excluding hydrogens is 148 g/mol. The first-order chi connectivity index (χ1) is 5.27. The van der Waals surface area contributed by atoms with Gasteiger partial charge in [-0.2, -0.15) is 0 Å². The molecule has 0 aromatic carbocycles. The highest BCUT2D eigenvalue weighted by molar-refractivity contribution is 5.47. The second-order valence-electron chi connectivity index (χ2n) is 1.89. The van der Waals surface area contributed by atoms with E-state index in [2.05, 4.69) is 9.84 Å². The molecule has 0 aliphatic heterocycles. The first-order valence-corrected chi connectivity index (χ1v) is 2.96. The first kappa shape index (κ1) is 7.59. The Hall–Kier alpha value is -1.52. The van der Waals surface area contributed by atoms with E-state index >= 15 is 0 Å². The van der Waals surface area contributed by atoms with E-state index in [1.165, 1.54) is 11.8 Å². The van der Waals surface area contributed by atoms with Crippen LogP contribution in [0.4, 0.5) is 0 Å². The molecule has 11 heavy (non-hydrogen) atoms. The van der Waals surface area contributed by atoms with Crippen molar-refractivity contribution < 1.29 is 14.3 Å². The average molecular weight is 156 g/mol. The minimum absolute atomic E-state index is 0.305. The summed E-state index contributed by atoms with van der Waals surface area (Å²) in [5.41, 5.74) is 0. The summed E-state index contributed by atoms with van der Waals surface area (Å²) < 4.78 is 10.9. The number of methoxy groups -OCH3 is 1. The molecule has 0 amide bonds. The van der Waals surface area contributed by atoms with Crippen LogP contribution in [-0.2, 0) is 11.8 Å². The molecule has 1 aromatic heterocycles. The standard InChI is InChI=1S/C6H8N2O3/c1-8-3-5(11-4-9)6(7-8)10-2/h3-4H,1-2H3. The Morgan fingerprint density at radius 1 is 1.73 bits per heavy atom. The van der Waals surface area contributed by atoms with Crippen molar-refractivity contribution in [2.75, 3.05) is 7.11 Å². The molecule has 0 spiro atoms. The summed E-state index contributed by atoms with van der Waals surface area (Å²) in [6.45, 7) is 0.333. The molecule has 1 aromatic rings. The lowest BCUT2D eigenvalue weighted by Gasteiger charge is -1.94. The Morgan fingerprint density at radius 2 is 2.45 bits per heavy atom. The Balaban J connectivity index is 2.91. The van der Waals surface area contributed by atoms with Gasteiger partial charge in [-0.05, 0) is 0 Å². The molecule has 1 heterocycles. The van der Waals surface area contributed by atoms with Crippen LogP contribution in [0, 0.1) is 0 Å². The highest BCUT2D eigenvalue weighted by Crippen LogP contribution is 2.22. The molecule has 0 aliphatic carbocycles. The van der Waals surface area contributed by atoms with E-state index in [-0.39, 0.29) is 0 Å². The summed E-state index contributed by atoms with van der Waals surface area (Å²) in [7, 11) is 3.17. The second kappa shape index (κ2) is 3.05. The molecule has 1 rings (SSSR count). The average Bonchev–Trinajstić information content (AvgIpc) is 2.32. The maximum atomic E-state index is 9.94. The van der Waals surface area contributed by atoms with E-state index in [0.29, 0.717) is 18.1 Å². The van der Waals surface area contributed by atoms with Crippen molar-refractivity contribution in [3.05, 3.63) is 6.20 Å². The van der Waals surface area contributed by atoms with Gasteiger partial charge in [-0.3, -0.25) is 9.48 Å². The molecule has 0 saturated heterocycles. The van der Waals surface area contributed by atoms with Crippen LogP contribution in [0.2, 0.25) is 0 Å². The van der Waals surface area contributed by atoms with Gasteiger partial charge in [0.2, 0.25) is 5.75 Å². The summed E-state index contributed by atoms with van der Waals surface area (Å²) in [5, 5.41) is 3.86. The fourth-order valence-corrected chi connectivity index (χ4v) is 0.720. The summed E-state index contributed by atoms with van der Waals surface area (Å²) in [6.07, 6.45) is 1.55. The Kier molecular flexibility index (Phi) is 2.10. The smallest absolute Gasteiger partial charge is 0.298 e. The number of aryl methyl sites for hydroxylation is 1. The molecule has 0 saturated carbocycles. The van der Waals surface area contributed by atoms with Crippen molar-refractivity contribution in [1.29, 1.82) is 0 Å². The third-order valence-corrected chi connectivity index (χ3v) is 1.13. The van der Waals surface area contributed by atoms with Gasteiger partial charge in [0.1, 0.15) is 0 Å². The zero-order valence-corrected chi connectivity index (χ0v) is 6.27. The van der Waals surface area contributed by atoms with E-state index in [9.17, 15) is 4.79 Å². The molecule has 0 fully saturated rings. The van der Waals surface area contributed by atoms with Gasteiger partial charge in [0, 0.05) is 7.05 Å². The number of carbonyl (C=O) groups excluding carboxylic acids is 1. The fraction of sp³-hybridized carbons (Fsp3) is 0.333. The van der Waals surface area contributed by atoms with Crippen LogP contribution in [0.3, 0.4) is 0 Å². The van der Waals surface area contributed by atoms with E-state index in [1.54, 1.807) is 13.2 Å². The highest BCUT2D eigenvalue weighted by atomic mass is 16.5. The minimum atomic E-state index is 0.305. The van der Waals surface area contributed by atoms with Crippen molar-refractivity contribution in [2.45, 2.75) is 0 Å². The summed E-state index contributed by atoms with van der Waals surface area (Å²) >= 11 is 0. The van der Waals surface area contributed by atoms with E-state index < -0.39 is 0 Å². The van der Waals surface area contributed by atoms with E-state index in [4.69, 9.17) is 4.74 Å². The van der Waals surface area contributed by atoms with Crippen LogP contribution in [0.5, 0.6) is 11.6 Å². The van der Waals surface area contributed by atoms with Gasteiger partial charge in [-0.15, -0.1) is 5.10 Å². The van der Waals surface area contributed by atoms with Crippen LogP contribution >= 0.6 is 0 Å². The van der Waals surface area contributed by atoms with Gasteiger partial charge in [-0.25, -0.2) is 0 Å². The summed E-state index contributed by atoms with van der Waals surface area (Å²) in [5.74, 6) is 0.629. The zero-order chi connectivity index (χ0) is 8.27. The van der Waals surface area contributed by atoms with Gasteiger partial charge in [0.15, 0.2) is 0 Å². The largest absolute Gasteiger partial charge is 0.477 e. The van der Waals surface area contributed by atoms with Crippen LogP contribution < -0.4 is 9.47 Å². The molecule has 5 nitrogen and oxygen atoms in total. The fourth-order valence-electron chi connectivity index (χ4n) is 0.720. The third-order valence-electron chi connectivity index (χ3n) is 1.13. The number of nitrogens with zero attached hydrogens (tertiary/aromatic N) is 2. The topological polar surface area (TPSA) is 53.4 Å². The third kappa shape index (κ3) is 1.49. The van der Waals surface area contributed by atoms with Crippen LogP contribution in [0.1, 0.15) is 0 Å². The Morgan fingerprint density at radius 3 is 3.00 bits per heavy atom. The van der Waals surface area contributed by atoms with Gasteiger partial charge in [0.05, 0.1) is 13.3 Å². The molecular formula is C6H8N2O3. The number of carbonyl (C=O) groups is 1. The van der Waals surface area contributed by atoms with Crippen molar-refractivity contribution in [2.24, 2.45) is 7.05 Å². The van der Waals surface area contributed by atoms with E-state index in [0.717, 1.165) is 0 Å². The van der Waals surface area contributed by atoms with Gasteiger partial charge < -0.3 is 9.47 Å². The second-order valence-corrected chi connectivity index (χ2v) is 1.89. The molecule has 0 radical (unpaired) electrons. The van der Waals surface area contributed by atoms with Gasteiger partial charge in [-0.1, -0.05) is 0 Å². The lowest BCUT2D eigenvalue weighted by molar-refractivity contribution is -0.120. The molecule has 5 heteroatoms. The molecule has 0 unspecified atom stereocenters. The number of ether oxygens (including phenoxy) is 2. The molecule has 0 bridgehead atoms. The van der Waals surface area contributed by atoms with Crippen LogP contribution in [0.15, 0.2) is 6.20 Å². The highest BCUT2D eigenvalue weighted by Gasteiger charge is 2.07. The maximum Gasteiger partial charge on any atom is 0.298 e. The van der Waals surface area contributed by atoms with Crippen molar-refractivity contribution in [3.63, 3.8) is 0 Å². The van der Waals surface area contributed by atoms with Crippen molar-refractivity contribution in [1.82, 2.24) is 9.78 Å². The SMILES string of the molecule is COc1nn(C)cc1OC=O. The predicted octanol–water partition coefficient (Wildman–Crippen LogP) is -0.0361. The Bertz CT molecular complexity index is 256. The Labute approximate surface area is 63.5 Å². The summed E-state index contributed by atoms with van der Waals surface area (Å²) in [4.78, 5) is 9.94. The molecule has 0 aliphatic rings. The normalized spacial score (nSPS) is 9.27. The van der Waals surface area contributed by atoms with Crippen LogP contribution in [0.25, 0.3) is 0 Å². The monoisotopic (exact) mass is 156 g/mol. The number of hydrogen-bond donors (Lipinski definition) is 0. The van der Waals surface area contributed by atoms with Gasteiger partial charge >= 0.3 is 0 Å². The van der Waals surface area contributed by atoms with Crippen molar-refractivity contribution >= 4 is 6.47 Å². The molecule has 60 valence electrons.